The molecule has 1 aromatic carbocycles. The number of aliphatic carboxylic acids is 1. The van der Waals surface area contributed by atoms with Crippen LogP contribution in [0.15, 0.2) is 6.07 Å². The van der Waals surface area contributed by atoms with Gasteiger partial charge in [0.25, 0.3) is 0 Å². The summed E-state index contributed by atoms with van der Waals surface area (Å²) in [4.78, 5) is 22.3. The van der Waals surface area contributed by atoms with Crippen LogP contribution in [0.2, 0.25) is 0 Å². The number of ether oxygens (including phenoxy) is 3. The first kappa shape index (κ1) is 25.6. The highest BCUT2D eigenvalue weighted by Crippen LogP contribution is 2.42. The number of carboxylic acids is 1. The Morgan fingerprint density at radius 1 is 0.933 bits per heavy atom. The summed E-state index contributed by atoms with van der Waals surface area (Å²) in [5.41, 5.74) is 2.30. The normalized spacial score (nSPS) is 11.6. The van der Waals surface area contributed by atoms with Crippen molar-refractivity contribution >= 4 is 11.9 Å². The minimum absolute atomic E-state index is 0.191. The zero-order chi connectivity index (χ0) is 22.5. The molecule has 1 aromatic rings. The number of amides is 1. The Kier molecular flexibility index (Phi) is 11.7. The predicted molar refractivity (Wildman–Crippen MR) is 117 cm³/mol. The van der Waals surface area contributed by atoms with E-state index in [1.165, 1.54) is 6.92 Å². The lowest BCUT2D eigenvalue weighted by molar-refractivity contribution is -0.141. The fraction of sp³-hybridized carbons (Fsp3) is 0.652. The van der Waals surface area contributed by atoms with Gasteiger partial charge in [-0.25, -0.2) is 0 Å². The van der Waals surface area contributed by atoms with Gasteiger partial charge < -0.3 is 24.6 Å². The molecule has 0 bridgehead atoms. The lowest BCUT2D eigenvalue weighted by Gasteiger charge is -2.18. The zero-order valence-corrected chi connectivity index (χ0v) is 19.0. The van der Waals surface area contributed by atoms with E-state index in [9.17, 15) is 9.59 Å². The van der Waals surface area contributed by atoms with Crippen molar-refractivity contribution in [3.8, 4) is 17.2 Å². The Morgan fingerprint density at radius 3 is 2.03 bits per heavy atom. The molecule has 0 aliphatic carbocycles. The number of methoxy groups -OCH3 is 3. The van der Waals surface area contributed by atoms with Crippen LogP contribution < -0.4 is 19.5 Å². The number of unbranched alkanes of at least 4 members (excludes halogenated alkanes) is 6. The highest BCUT2D eigenvalue weighted by Gasteiger charge is 2.18. The molecule has 0 aliphatic heterocycles. The van der Waals surface area contributed by atoms with Crippen molar-refractivity contribution in [3.05, 3.63) is 17.2 Å². The summed E-state index contributed by atoms with van der Waals surface area (Å²) in [5.74, 6) is 0.877. The minimum atomic E-state index is -1.01. The molecule has 0 radical (unpaired) electrons. The highest BCUT2D eigenvalue weighted by molar-refractivity contribution is 5.83. The minimum Gasteiger partial charge on any atom is -0.493 e. The molecule has 1 atom stereocenters. The van der Waals surface area contributed by atoms with E-state index in [0.717, 1.165) is 68.2 Å². The number of carbonyl (C=O) groups is 2. The van der Waals surface area contributed by atoms with E-state index in [4.69, 9.17) is 19.3 Å². The molecule has 2 N–H and O–H groups in total. The van der Waals surface area contributed by atoms with Crippen molar-refractivity contribution in [1.29, 1.82) is 0 Å². The summed E-state index contributed by atoms with van der Waals surface area (Å²) >= 11 is 0. The molecule has 0 heterocycles. The van der Waals surface area contributed by atoms with E-state index >= 15 is 0 Å². The standard InChI is InChI=1S/C23H37NO6/c1-16-15-19(28-3)22(30-5)21(29-4)18(16)13-11-9-7-6-8-10-12-14-20(25)24-17(2)23(26)27/h15,17H,6-14H2,1-5H3,(H,24,25)(H,26,27)/t17-/m0/s1. The summed E-state index contributed by atoms with van der Waals surface area (Å²) in [5, 5.41) is 11.3. The average molecular weight is 424 g/mol. The smallest absolute Gasteiger partial charge is 0.325 e. The molecule has 170 valence electrons. The van der Waals surface area contributed by atoms with Crippen molar-refractivity contribution in [2.75, 3.05) is 21.3 Å². The van der Waals surface area contributed by atoms with E-state index in [2.05, 4.69) is 12.2 Å². The van der Waals surface area contributed by atoms with Crippen molar-refractivity contribution in [2.45, 2.75) is 77.7 Å². The van der Waals surface area contributed by atoms with Crippen LogP contribution in [0, 0.1) is 6.92 Å². The van der Waals surface area contributed by atoms with Crippen LogP contribution in [0.1, 0.15) is 69.4 Å². The molecule has 0 saturated carbocycles. The molecule has 0 spiro atoms. The number of aryl methyl sites for hydroxylation is 1. The number of hydrogen-bond donors (Lipinski definition) is 2. The molecule has 0 aromatic heterocycles. The van der Waals surface area contributed by atoms with Crippen molar-refractivity contribution in [3.63, 3.8) is 0 Å². The van der Waals surface area contributed by atoms with Crippen molar-refractivity contribution < 1.29 is 28.9 Å². The lowest BCUT2D eigenvalue weighted by Crippen LogP contribution is -2.38. The van der Waals surface area contributed by atoms with Crippen LogP contribution in [0.25, 0.3) is 0 Å². The van der Waals surface area contributed by atoms with Gasteiger partial charge in [-0.1, -0.05) is 32.1 Å². The van der Waals surface area contributed by atoms with Crippen molar-refractivity contribution in [2.24, 2.45) is 0 Å². The molecule has 7 nitrogen and oxygen atoms in total. The average Bonchev–Trinajstić information content (AvgIpc) is 2.72. The Hall–Kier alpha value is -2.44. The van der Waals surface area contributed by atoms with E-state index in [1.54, 1.807) is 21.3 Å². The molecule has 1 rings (SSSR count). The second kappa shape index (κ2) is 13.7. The number of benzene rings is 1. The molecule has 30 heavy (non-hydrogen) atoms. The van der Waals surface area contributed by atoms with Crippen LogP contribution >= 0.6 is 0 Å². The SMILES string of the molecule is COc1cc(C)c(CCCCCCCCCC(=O)N[C@@H](C)C(=O)O)c(OC)c1OC. The Bertz CT molecular complexity index is 689. The molecule has 7 heteroatoms. The Morgan fingerprint density at radius 2 is 1.50 bits per heavy atom. The van der Waals surface area contributed by atoms with Gasteiger partial charge in [0.1, 0.15) is 6.04 Å². The topological polar surface area (TPSA) is 94.1 Å². The van der Waals surface area contributed by atoms with Gasteiger partial charge in [0.2, 0.25) is 11.7 Å². The van der Waals surface area contributed by atoms with Gasteiger partial charge in [0.15, 0.2) is 11.5 Å². The third-order valence-electron chi connectivity index (χ3n) is 5.23. The summed E-state index contributed by atoms with van der Waals surface area (Å²) < 4.78 is 16.5. The molecule has 1 amide bonds. The zero-order valence-electron chi connectivity index (χ0n) is 19.0. The lowest BCUT2D eigenvalue weighted by atomic mass is 9.99. The predicted octanol–water partition coefficient (Wildman–Crippen LogP) is 4.27. The fourth-order valence-electron chi connectivity index (χ4n) is 3.50. The van der Waals surface area contributed by atoms with E-state index in [0.29, 0.717) is 17.9 Å². The van der Waals surface area contributed by atoms with Gasteiger partial charge in [0.05, 0.1) is 21.3 Å². The summed E-state index contributed by atoms with van der Waals surface area (Å²) in [7, 11) is 4.90. The monoisotopic (exact) mass is 423 g/mol. The maximum atomic E-state index is 11.6. The molecular weight excluding hydrogens is 386 g/mol. The molecular formula is C23H37NO6. The number of carboxylic acid groups (broad SMARTS) is 1. The molecule has 0 fully saturated rings. The Labute approximate surface area is 180 Å². The second-order valence-corrected chi connectivity index (χ2v) is 7.54. The van der Waals surface area contributed by atoms with Gasteiger partial charge in [0, 0.05) is 12.0 Å². The van der Waals surface area contributed by atoms with Crippen LogP contribution in [0.4, 0.5) is 0 Å². The largest absolute Gasteiger partial charge is 0.493 e. The summed E-state index contributed by atoms with van der Waals surface area (Å²) in [6, 6.07) is 1.16. The van der Waals surface area contributed by atoms with Crippen molar-refractivity contribution in [1.82, 2.24) is 5.32 Å². The third-order valence-corrected chi connectivity index (χ3v) is 5.23. The van der Waals surface area contributed by atoms with E-state index in [-0.39, 0.29) is 5.91 Å². The van der Waals surface area contributed by atoms with Crippen LogP contribution in [0.5, 0.6) is 17.2 Å². The summed E-state index contributed by atoms with van der Waals surface area (Å²) in [6.45, 7) is 3.53. The van der Waals surface area contributed by atoms with E-state index < -0.39 is 12.0 Å². The second-order valence-electron chi connectivity index (χ2n) is 7.54. The van der Waals surface area contributed by atoms with E-state index in [1.807, 2.05) is 6.07 Å². The van der Waals surface area contributed by atoms with Crippen LogP contribution in [0.3, 0.4) is 0 Å². The highest BCUT2D eigenvalue weighted by atomic mass is 16.5. The van der Waals surface area contributed by atoms with Crippen LogP contribution in [-0.4, -0.2) is 44.4 Å². The van der Waals surface area contributed by atoms with Gasteiger partial charge >= 0.3 is 5.97 Å². The first-order valence-electron chi connectivity index (χ1n) is 10.7. The maximum absolute atomic E-state index is 11.6. The number of rotatable bonds is 15. The number of hydrogen-bond acceptors (Lipinski definition) is 5. The van der Waals surface area contributed by atoms with Crippen LogP contribution in [-0.2, 0) is 16.0 Å². The molecule has 0 saturated heterocycles. The fourth-order valence-corrected chi connectivity index (χ4v) is 3.50. The number of carbonyl (C=O) groups excluding carboxylic acids is 1. The first-order valence-corrected chi connectivity index (χ1v) is 10.7. The quantitative estimate of drug-likeness (QED) is 0.409. The third kappa shape index (κ3) is 8.13. The summed E-state index contributed by atoms with van der Waals surface area (Å²) in [6.07, 6.45) is 8.66. The molecule has 0 aliphatic rings. The number of nitrogens with one attached hydrogen (secondary N) is 1. The van der Waals surface area contributed by atoms with Gasteiger partial charge in [-0.2, -0.15) is 0 Å². The molecule has 0 unspecified atom stereocenters. The van der Waals surface area contributed by atoms with Gasteiger partial charge in [-0.05, 0) is 44.7 Å². The van der Waals surface area contributed by atoms with Gasteiger partial charge in [-0.15, -0.1) is 0 Å². The van der Waals surface area contributed by atoms with Gasteiger partial charge in [-0.3, -0.25) is 9.59 Å². The maximum Gasteiger partial charge on any atom is 0.325 e. The Balaban J connectivity index is 2.28. The first-order chi connectivity index (χ1) is 14.3.